The van der Waals surface area contributed by atoms with Gasteiger partial charge < -0.3 is 10.6 Å². The second-order valence-corrected chi connectivity index (χ2v) is 5.50. The molecule has 0 radical (unpaired) electrons. The van der Waals surface area contributed by atoms with Gasteiger partial charge in [0.15, 0.2) is 0 Å². The minimum absolute atomic E-state index is 0.0857. The first kappa shape index (κ1) is 15.7. The number of benzene rings is 2. The molecule has 0 spiro atoms. The molecule has 110 valence electrons. The van der Waals surface area contributed by atoms with Crippen molar-refractivity contribution in [3.63, 3.8) is 0 Å². The molecule has 1 amide bonds. The highest BCUT2D eigenvalue weighted by Gasteiger charge is 2.10. The Morgan fingerprint density at radius 3 is 2.48 bits per heavy atom. The molecule has 2 N–H and O–H groups in total. The summed E-state index contributed by atoms with van der Waals surface area (Å²) in [6.45, 7) is 2.12. The van der Waals surface area contributed by atoms with Gasteiger partial charge >= 0.3 is 0 Å². The Labute approximate surface area is 134 Å². The molecule has 0 aliphatic carbocycles. The van der Waals surface area contributed by atoms with E-state index in [1.54, 1.807) is 12.1 Å². The van der Waals surface area contributed by atoms with Crippen LogP contribution < -0.4 is 10.6 Å². The normalized spacial score (nSPS) is 11.8. The lowest BCUT2D eigenvalue weighted by Gasteiger charge is -2.15. The summed E-state index contributed by atoms with van der Waals surface area (Å²) in [5.74, 6) is -0.0857. The smallest absolute Gasteiger partial charge is 0.239 e. The summed E-state index contributed by atoms with van der Waals surface area (Å²) in [7, 11) is 0. The zero-order valence-corrected chi connectivity index (χ0v) is 13.1. The van der Waals surface area contributed by atoms with Crippen LogP contribution in [-0.4, -0.2) is 12.5 Å². The van der Waals surface area contributed by atoms with Crippen LogP contribution in [0.4, 0.5) is 5.69 Å². The van der Waals surface area contributed by atoms with Crippen LogP contribution in [0.2, 0.25) is 10.0 Å². The molecule has 21 heavy (non-hydrogen) atoms. The quantitative estimate of drug-likeness (QED) is 0.862. The largest absolute Gasteiger partial charge is 0.376 e. The van der Waals surface area contributed by atoms with E-state index in [9.17, 15) is 4.79 Å². The number of carbonyl (C=O) groups excluding carboxylic acids is 1. The molecule has 1 atom stereocenters. The highest BCUT2D eigenvalue weighted by atomic mass is 35.5. The second kappa shape index (κ2) is 7.34. The number of amides is 1. The molecular formula is C16H16Cl2N2O. The van der Waals surface area contributed by atoms with Crippen molar-refractivity contribution in [2.24, 2.45) is 0 Å². The first-order valence-electron chi connectivity index (χ1n) is 6.59. The highest BCUT2D eigenvalue weighted by molar-refractivity contribution is 6.42. The fourth-order valence-corrected chi connectivity index (χ4v) is 2.20. The van der Waals surface area contributed by atoms with E-state index in [0.717, 1.165) is 11.3 Å². The van der Waals surface area contributed by atoms with E-state index >= 15 is 0 Å². The van der Waals surface area contributed by atoms with E-state index in [1.165, 1.54) is 0 Å². The molecule has 0 aliphatic rings. The maximum atomic E-state index is 11.9. The van der Waals surface area contributed by atoms with Crippen LogP contribution in [0.15, 0.2) is 48.5 Å². The monoisotopic (exact) mass is 322 g/mol. The van der Waals surface area contributed by atoms with E-state index < -0.39 is 0 Å². The molecule has 0 aliphatic heterocycles. The number of rotatable bonds is 5. The number of nitrogens with one attached hydrogen (secondary N) is 2. The number of hydrogen-bond donors (Lipinski definition) is 2. The molecule has 3 nitrogen and oxygen atoms in total. The lowest BCUT2D eigenvalue weighted by molar-refractivity contribution is -0.120. The maximum Gasteiger partial charge on any atom is 0.239 e. The van der Waals surface area contributed by atoms with Crippen LogP contribution in [0.3, 0.4) is 0 Å². The molecule has 2 aromatic rings. The fraction of sp³-hybridized carbons (Fsp3) is 0.188. The Bertz CT molecular complexity index is 617. The number of anilines is 1. The third-order valence-electron chi connectivity index (χ3n) is 3.05. The molecule has 0 heterocycles. The maximum absolute atomic E-state index is 11.9. The molecule has 0 saturated heterocycles. The molecule has 2 aromatic carbocycles. The predicted octanol–water partition coefficient (Wildman–Crippen LogP) is 4.28. The Morgan fingerprint density at radius 2 is 1.81 bits per heavy atom. The first-order valence-corrected chi connectivity index (χ1v) is 7.35. The molecule has 2 rings (SSSR count). The van der Waals surface area contributed by atoms with Crippen LogP contribution in [0.5, 0.6) is 0 Å². The summed E-state index contributed by atoms with van der Waals surface area (Å²) in [5, 5.41) is 6.96. The summed E-state index contributed by atoms with van der Waals surface area (Å²) >= 11 is 11.9. The van der Waals surface area contributed by atoms with Gasteiger partial charge in [-0.25, -0.2) is 0 Å². The van der Waals surface area contributed by atoms with E-state index in [4.69, 9.17) is 23.2 Å². The van der Waals surface area contributed by atoms with Crippen LogP contribution in [0.1, 0.15) is 18.5 Å². The van der Waals surface area contributed by atoms with Gasteiger partial charge in [0.2, 0.25) is 5.91 Å². The lowest BCUT2D eigenvalue weighted by Crippen LogP contribution is -2.32. The molecule has 0 aromatic heterocycles. The van der Waals surface area contributed by atoms with E-state index in [-0.39, 0.29) is 18.5 Å². The van der Waals surface area contributed by atoms with Crippen molar-refractivity contribution in [3.8, 4) is 0 Å². The van der Waals surface area contributed by atoms with Gasteiger partial charge in [0.05, 0.1) is 22.6 Å². The zero-order chi connectivity index (χ0) is 15.2. The predicted molar refractivity (Wildman–Crippen MR) is 88.0 cm³/mol. The van der Waals surface area contributed by atoms with Crippen LogP contribution in [0.25, 0.3) is 0 Å². The third-order valence-corrected chi connectivity index (χ3v) is 3.79. The summed E-state index contributed by atoms with van der Waals surface area (Å²) in [6.07, 6.45) is 0. The Kier molecular flexibility index (Phi) is 5.48. The van der Waals surface area contributed by atoms with Crippen molar-refractivity contribution in [2.75, 3.05) is 11.9 Å². The van der Waals surface area contributed by atoms with Crippen molar-refractivity contribution in [1.82, 2.24) is 5.32 Å². The average Bonchev–Trinajstić information content (AvgIpc) is 2.49. The minimum atomic E-state index is -0.134. The second-order valence-electron chi connectivity index (χ2n) is 4.68. The number of carbonyl (C=O) groups is 1. The third kappa shape index (κ3) is 4.66. The molecule has 0 saturated carbocycles. The summed E-state index contributed by atoms with van der Waals surface area (Å²) in [6, 6.07) is 14.8. The van der Waals surface area contributed by atoms with Crippen molar-refractivity contribution in [3.05, 3.63) is 64.1 Å². The SMILES string of the molecule is CC(NC(=O)CNc1ccccc1)c1ccc(Cl)c(Cl)c1. The van der Waals surface area contributed by atoms with Gasteiger partial charge in [-0.15, -0.1) is 0 Å². The van der Waals surface area contributed by atoms with Gasteiger partial charge in [0.1, 0.15) is 0 Å². The summed E-state index contributed by atoms with van der Waals surface area (Å²) in [4.78, 5) is 11.9. The molecule has 0 bridgehead atoms. The van der Waals surface area contributed by atoms with E-state index in [2.05, 4.69) is 10.6 Å². The van der Waals surface area contributed by atoms with Gasteiger partial charge in [-0.3, -0.25) is 4.79 Å². The lowest BCUT2D eigenvalue weighted by atomic mass is 10.1. The Balaban J connectivity index is 1.88. The van der Waals surface area contributed by atoms with Crippen molar-refractivity contribution < 1.29 is 4.79 Å². The topological polar surface area (TPSA) is 41.1 Å². The first-order chi connectivity index (χ1) is 10.1. The van der Waals surface area contributed by atoms with Crippen LogP contribution in [0, 0.1) is 0 Å². The molecule has 0 fully saturated rings. The molecule has 5 heteroatoms. The van der Waals surface area contributed by atoms with Gasteiger partial charge in [-0.1, -0.05) is 47.5 Å². The van der Waals surface area contributed by atoms with E-state index in [0.29, 0.717) is 10.0 Å². The molecular weight excluding hydrogens is 307 g/mol. The number of halogens is 2. The van der Waals surface area contributed by atoms with Gasteiger partial charge in [-0.05, 0) is 36.8 Å². The standard InChI is InChI=1S/C16H16Cl2N2O/c1-11(12-7-8-14(17)15(18)9-12)20-16(21)10-19-13-5-3-2-4-6-13/h2-9,11,19H,10H2,1H3,(H,20,21). The Morgan fingerprint density at radius 1 is 1.10 bits per heavy atom. The highest BCUT2D eigenvalue weighted by Crippen LogP contribution is 2.25. The fourth-order valence-electron chi connectivity index (χ4n) is 1.90. The number of para-hydroxylation sites is 1. The van der Waals surface area contributed by atoms with Crippen molar-refractivity contribution in [2.45, 2.75) is 13.0 Å². The average molecular weight is 323 g/mol. The van der Waals surface area contributed by atoms with Gasteiger partial charge in [0, 0.05) is 5.69 Å². The Hall–Kier alpha value is -1.71. The molecule has 1 unspecified atom stereocenters. The minimum Gasteiger partial charge on any atom is -0.376 e. The van der Waals surface area contributed by atoms with Crippen molar-refractivity contribution in [1.29, 1.82) is 0 Å². The van der Waals surface area contributed by atoms with Crippen LogP contribution >= 0.6 is 23.2 Å². The number of hydrogen-bond acceptors (Lipinski definition) is 2. The summed E-state index contributed by atoms with van der Waals surface area (Å²) in [5.41, 5.74) is 1.83. The van der Waals surface area contributed by atoms with Crippen molar-refractivity contribution >= 4 is 34.8 Å². The zero-order valence-electron chi connectivity index (χ0n) is 11.6. The van der Waals surface area contributed by atoms with Crippen LogP contribution in [-0.2, 0) is 4.79 Å². The van der Waals surface area contributed by atoms with Gasteiger partial charge in [0.25, 0.3) is 0 Å². The van der Waals surface area contributed by atoms with E-state index in [1.807, 2.05) is 43.3 Å². The summed E-state index contributed by atoms with van der Waals surface area (Å²) < 4.78 is 0. The van der Waals surface area contributed by atoms with Gasteiger partial charge in [-0.2, -0.15) is 0 Å².